The fraction of sp³-hybridized carbons (Fsp3) is 0.800. The number of hydrogen-bond donors (Lipinski definition) is 2. The van der Waals surface area contributed by atoms with Gasteiger partial charge in [0.25, 0.3) is 0 Å². The number of aryl methyl sites for hydroxylation is 1. The standard InChI is InChI=1S/C15H30N6.HI/c1-4-16-15(18-10-7-8-14(2)3)17-9-5-6-11-21-12-19-20-13-21;/h12-14H,4-11H2,1-3H3,(H2,16,17,18);1H. The van der Waals surface area contributed by atoms with Crippen LogP contribution < -0.4 is 10.6 Å². The molecule has 0 saturated heterocycles. The van der Waals surface area contributed by atoms with Crippen molar-refractivity contribution in [3.05, 3.63) is 12.7 Å². The smallest absolute Gasteiger partial charge is 0.191 e. The predicted molar refractivity (Wildman–Crippen MR) is 103 cm³/mol. The number of nitrogens with one attached hydrogen (secondary N) is 2. The Kier molecular flexibility index (Phi) is 13.2. The Morgan fingerprint density at radius 2 is 1.86 bits per heavy atom. The summed E-state index contributed by atoms with van der Waals surface area (Å²) in [7, 11) is 0. The Morgan fingerprint density at radius 1 is 1.14 bits per heavy atom. The van der Waals surface area contributed by atoms with E-state index in [1.165, 1.54) is 6.42 Å². The number of aromatic nitrogens is 3. The summed E-state index contributed by atoms with van der Waals surface area (Å²) >= 11 is 0. The van der Waals surface area contributed by atoms with E-state index in [-0.39, 0.29) is 24.0 Å². The molecule has 128 valence electrons. The average molecular weight is 422 g/mol. The molecule has 0 fully saturated rings. The maximum absolute atomic E-state index is 4.60. The molecule has 2 N–H and O–H groups in total. The van der Waals surface area contributed by atoms with Crippen molar-refractivity contribution in [2.24, 2.45) is 10.9 Å². The molecule has 0 aliphatic rings. The zero-order chi connectivity index (χ0) is 15.3. The summed E-state index contributed by atoms with van der Waals surface area (Å²) in [5.74, 6) is 1.69. The lowest BCUT2D eigenvalue weighted by molar-refractivity contribution is 0.559. The number of guanidine groups is 1. The van der Waals surface area contributed by atoms with Gasteiger partial charge in [-0.05, 0) is 38.5 Å². The van der Waals surface area contributed by atoms with Crippen LogP contribution in [0.1, 0.15) is 46.5 Å². The third-order valence-electron chi connectivity index (χ3n) is 3.16. The molecule has 0 bridgehead atoms. The third kappa shape index (κ3) is 10.8. The molecule has 1 heterocycles. The number of unbranched alkanes of at least 4 members (excludes halogenated alkanes) is 1. The first kappa shape index (κ1) is 21.1. The first-order valence-corrected chi connectivity index (χ1v) is 8.07. The van der Waals surface area contributed by atoms with E-state index in [9.17, 15) is 0 Å². The molecule has 0 saturated carbocycles. The van der Waals surface area contributed by atoms with E-state index in [2.05, 4.69) is 46.6 Å². The van der Waals surface area contributed by atoms with Gasteiger partial charge < -0.3 is 15.2 Å². The molecule has 0 unspecified atom stereocenters. The van der Waals surface area contributed by atoms with Crippen LogP contribution in [0.15, 0.2) is 17.6 Å². The van der Waals surface area contributed by atoms with Crippen LogP contribution in [0.2, 0.25) is 0 Å². The van der Waals surface area contributed by atoms with Crippen molar-refractivity contribution in [3.63, 3.8) is 0 Å². The predicted octanol–water partition coefficient (Wildman–Crippen LogP) is 2.67. The molecule has 0 amide bonds. The van der Waals surface area contributed by atoms with Gasteiger partial charge in [-0.2, -0.15) is 0 Å². The highest BCUT2D eigenvalue weighted by atomic mass is 127. The highest BCUT2D eigenvalue weighted by molar-refractivity contribution is 14.0. The fourth-order valence-electron chi connectivity index (χ4n) is 2.00. The molecule has 1 aromatic rings. The van der Waals surface area contributed by atoms with Gasteiger partial charge in [0.1, 0.15) is 12.7 Å². The maximum atomic E-state index is 4.60. The quantitative estimate of drug-likeness (QED) is 0.263. The summed E-state index contributed by atoms with van der Waals surface area (Å²) < 4.78 is 2.01. The molecule has 1 aromatic heterocycles. The van der Waals surface area contributed by atoms with Crippen molar-refractivity contribution in [1.29, 1.82) is 0 Å². The lowest BCUT2D eigenvalue weighted by Gasteiger charge is -2.11. The normalized spacial score (nSPS) is 11.4. The molecule has 22 heavy (non-hydrogen) atoms. The van der Waals surface area contributed by atoms with Crippen molar-refractivity contribution in [3.8, 4) is 0 Å². The van der Waals surface area contributed by atoms with E-state index in [4.69, 9.17) is 0 Å². The van der Waals surface area contributed by atoms with Gasteiger partial charge >= 0.3 is 0 Å². The van der Waals surface area contributed by atoms with Gasteiger partial charge in [-0.15, -0.1) is 34.2 Å². The van der Waals surface area contributed by atoms with Gasteiger partial charge in [0.15, 0.2) is 5.96 Å². The van der Waals surface area contributed by atoms with Crippen molar-refractivity contribution in [2.45, 2.75) is 53.0 Å². The van der Waals surface area contributed by atoms with Crippen LogP contribution in [0, 0.1) is 5.92 Å². The minimum atomic E-state index is 0. The number of aliphatic imine (C=N–C) groups is 1. The Labute approximate surface area is 151 Å². The van der Waals surface area contributed by atoms with Crippen molar-refractivity contribution >= 4 is 29.9 Å². The molecule has 0 aliphatic heterocycles. The van der Waals surface area contributed by atoms with E-state index >= 15 is 0 Å². The first-order chi connectivity index (χ1) is 10.2. The second-order valence-corrected chi connectivity index (χ2v) is 5.63. The zero-order valence-corrected chi connectivity index (χ0v) is 16.4. The van der Waals surface area contributed by atoms with Crippen LogP contribution in [0.25, 0.3) is 0 Å². The van der Waals surface area contributed by atoms with Gasteiger partial charge in [-0.1, -0.05) is 13.8 Å². The zero-order valence-electron chi connectivity index (χ0n) is 14.1. The Bertz CT molecular complexity index is 377. The second kappa shape index (κ2) is 13.8. The molecule has 6 nitrogen and oxygen atoms in total. The minimum Gasteiger partial charge on any atom is -0.357 e. The molecule has 1 rings (SSSR count). The van der Waals surface area contributed by atoms with Crippen LogP contribution in [-0.2, 0) is 6.54 Å². The summed E-state index contributed by atoms with van der Waals surface area (Å²) in [6, 6.07) is 0. The summed E-state index contributed by atoms with van der Waals surface area (Å²) in [6.45, 7) is 10.3. The summed E-state index contributed by atoms with van der Waals surface area (Å²) in [4.78, 5) is 4.60. The molecule has 0 spiro atoms. The lowest BCUT2D eigenvalue weighted by Crippen LogP contribution is -2.37. The average Bonchev–Trinajstić information content (AvgIpc) is 2.96. The van der Waals surface area contributed by atoms with Crippen LogP contribution in [0.4, 0.5) is 0 Å². The van der Waals surface area contributed by atoms with E-state index in [1.807, 2.05) is 4.57 Å². The highest BCUT2D eigenvalue weighted by Crippen LogP contribution is 2.02. The Hall–Kier alpha value is -0.860. The summed E-state index contributed by atoms with van der Waals surface area (Å²) in [5, 5.41) is 14.3. The van der Waals surface area contributed by atoms with Gasteiger partial charge in [0, 0.05) is 26.2 Å². The van der Waals surface area contributed by atoms with Gasteiger partial charge in [-0.25, -0.2) is 0 Å². The number of hydrogen-bond acceptors (Lipinski definition) is 3. The Morgan fingerprint density at radius 3 is 2.50 bits per heavy atom. The van der Waals surface area contributed by atoms with E-state index in [0.717, 1.165) is 57.3 Å². The molecule has 0 aromatic carbocycles. The number of nitrogens with zero attached hydrogens (tertiary/aromatic N) is 4. The van der Waals surface area contributed by atoms with Gasteiger partial charge in [0.05, 0.1) is 0 Å². The van der Waals surface area contributed by atoms with Crippen LogP contribution in [0.5, 0.6) is 0 Å². The van der Waals surface area contributed by atoms with Crippen molar-refractivity contribution < 1.29 is 0 Å². The highest BCUT2D eigenvalue weighted by Gasteiger charge is 1.98. The molecular formula is C15H31IN6. The number of rotatable bonds is 10. The van der Waals surface area contributed by atoms with Crippen molar-refractivity contribution in [1.82, 2.24) is 25.4 Å². The van der Waals surface area contributed by atoms with Gasteiger partial charge in [0.2, 0.25) is 0 Å². The summed E-state index contributed by atoms with van der Waals surface area (Å²) in [5.41, 5.74) is 0. The van der Waals surface area contributed by atoms with Crippen LogP contribution >= 0.6 is 24.0 Å². The second-order valence-electron chi connectivity index (χ2n) is 5.63. The lowest BCUT2D eigenvalue weighted by atomic mass is 10.1. The van der Waals surface area contributed by atoms with Gasteiger partial charge in [-0.3, -0.25) is 4.99 Å². The molecular weight excluding hydrogens is 391 g/mol. The largest absolute Gasteiger partial charge is 0.357 e. The SMILES string of the molecule is CCNC(=NCCCC(C)C)NCCCCn1cnnc1.I. The molecule has 0 aliphatic carbocycles. The maximum Gasteiger partial charge on any atom is 0.191 e. The molecule has 0 atom stereocenters. The minimum absolute atomic E-state index is 0. The van der Waals surface area contributed by atoms with E-state index in [1.54, 1.807) is 12.7 Å². The fourth-order valence-corrected chi connectivity index (χ4v) is 2.00. The summed E-state index contributed by atoms with van der Waals surface area (Å²) in [6.07, 6.45) is 8.12. The van der Waals surface area contributed by atoms with Crippen LogP contribution in [-0.4, -0.2) is 40.4 Å². The molecule has 0 radical (unpaired) electrons. The molecule has 7 heteroatoms. The first-order valence-electron chi connectivity index (χ1n) is 8.07. The Balaban J connectivity index is 0.00000441. The van der Waals surface area contributed by atoms with E-state index < -0.39 is 0 Å². The van der Waals surface area contributed by atoms with Crippen LogP contribution in [0.3, 0.4) is 0 Å². The topological polar surface area (TPSA) is 67.1 Å². The van der Waals surface area contributed by atoms with E-state index in [0.29, 0.717) is 0 Å². The third-order valence-corrected chi connectivity index (χ3v) is 3.16. The monoisotopic (exact) mass is 422 g/mol. The van der Waals surface area contributed by atoms with Crippen molar-refractivity contribution in [2.75, 3.05) is 19.6 Å². The number of halogens is 1.